The molecule has 4 atom stereocenters. The van der Waals surface area contributed by atoms with Crippen LogP contribution in [0, 0.1) is 0 Å². The Morgan fingerprint density at radius 2 is 2.00 bits per heavy atom. The average Bonchev–Trinajstić information content (AvgIpc) is 2.82. The van der Waals surface area contributed by atoms with E-state index in [9.17, 15) is 24.6 Å². The molecule has 2 fully saturated rings. The summed E-state index contributed by atoms with van der Waals surface area (Å²) >= 11 is 0.987. The third kappa shape index (κ3) is 3.13. The molecule has 2 heterocycles. The number of amides is 2. The molecule has 126 valence electrons. The van der Waals surface area contributed by atoms with Gasteiger partial charge in [0, 0.05) is 5.70 Å². The Morgan fingerprint density at radius 1 is 1.40 bits per heavy atom. The van der Waals surface area contributed by atoms with E-state index in [2.05, 4.69) is 11.9 Å². The molecule has 3 rings (SSSR count). The van der Waals surface area contributed by atoms with Crippen LogP contribution in [0.3, 0.4) is 0 Å². The minimum Gasteiger partial charge on any atom is -0.548 e. The van der Waals surface area contributed by atoms with Gasteiger partial charge in [-0.05, 0) is 12.5 Å². The molecule has 0 aromatic heterocycles. The normalized spacial score (nSPS) is 28.5. The number of thioether (sulfide) groups is 1. The predicted octanol–water partition coefficient (Wildman–Crippen LogP) is -3.85. The molecule has 9 heteroatoms. The van der Waals surface area contributed by atoms with Crippen LogP contribution in [0.15, 0.2) is 42.6 Å². The van der Waals surface area contributed by atoms with Crippen LogP contribution in [0.4, 0.5) is 0 Å². The molecule has 2 saturated heterocycles. The van der Waals surface area contributed by atoms with Gasteiger partial charge in [-0.25, -0.2) is 0 Å². The summed E-state index contributed by atoms with van der Waals surface area (Å²) in [5.74, 6) is -2.50. The van der Waals surface area contributed by atoms with Crippen molar-refractivity contribution in [2.24, 2.45) is 0 Å². The average molecular weight is 370 g/mol. The summed E-state index contributed by atoms with van der Waals surface area (Å²) in [4.78, 5) is 36.9. The Bertz CT molecular complexity index is 743. The van der Waals surface area contributed by atoms with Gasteiger partial charge in [-0.1, -0.05) is 36.9 Å². The van der Waals surface area contributed by atoms with E-state index in [1.807, 2.05) is 0 Å². The molecule has 1 aromatic rings. The summed E-state index contributed by atoms with van der Waals surface area (Å²) in [6.07, 6.45) is -1.41. The molecule has 0 spiro atoms. The van der Waals surface area contributed by atoms with E-state index in [0.29, 0.717) is 5.56 Å². The maximum Gasteiger partial charge on any atom is 1.00 e. The molecular formula is C16H15N2NaO5S. The number of hydrogen-bond acceptors (Lipinski definition) is 6. The van der Waals surface area contributed by atoms with Crippen molar-refractivity contribution in [3.8, 4) is 0 Å². The fourth-order valence-corrected chi connectivity index (χ4v) is 4.20. The third-order valence-electron chi connectivity index (χ3n) is 4.29. The van der Waals surface area contributed by atoms with Crippen LogP contribution in [0.5, 0.6) is 0 Å². The topological polar surface area (TPSA) is 110 Å². The number of hydrogen-bond donors (Lipinski definition) is 2. The van der Waals surface area contributed by atoms with Crippen molar-refractivity contribution in [3.05, 3.63) is 48.2 Å². The summed E-state index contributed by atoms with van der Waals surface area (Å²) in [6.45, 7) is 5.07. The van der Waals surface area contributed by atoms with E-state index in [0.717, 1.165) is 11.8 Å². The van der Waals surface area contributed by atoms with E-state index in [1.165, 1.54) is 11.8 Å². The largest absolute Gasteiger partial charge is 1.00 e. The molecule has 0 bridgehead atoms. The molecule has 2 amide bonds. The zero-order chi connectivity index (χ0) is 17.6. The molecule has 2 aliphatic heterocycles. The van der Waals surface area contributed by atoms with E-state index in [-0.39, 0.29) is 35.3 Å². The van der Waals surface area contributed by atoms with E-state index < -0.39 is 40.1 Å². The summed E-state index contributed by atoms with van der Waals surface area (Å²) in [5, 5.41) is 23.3. The van der Waals surface area contributed by atoms with Crippen molar-refractivity contribution in [1.82, 2.24) is 10.2 Å². The number of carboxylic acid groups (broad SMARTS) is 1. The van der Waals surface area contributed by atoms with Gasteiger partial charge in [0.2, 0.25) is 0 Å². The minimum absolute atomic E-state index is 0. The first kappa shape index (κ1) is 20.0. The van der Waals surface area contributed by atoms with Gasteiger partial charge in [0.15, 0.2) is 6.10 Å². The zero-order valence-corrected chi connectivity index (χ0v) is 16.6. The second-order valence-corrected chi connectivity index (χ2v) is 7.32. The van der Waals surface area contributed by atoms with Gasteiger partial charge in [-0.15, -0.1) is 11.8 Å². The van der Waals surface area contributed by atoms with E-state index in [4.69, 9.17) is 0 Å². The zero-order valence-electron chi connectivity index (χ0n) is 13.8. The summed E-state index contributed by atoms with van der Waals surface area (Å²) in [5.41, 5.74) is 0.540. The van der Waals surface area contributed by atoms with Gasteiger partial charge >= 0.3 is 29.6 Å². The second-order valence-electron chi connectivity index (χ2n) is 5.78. The van der Waals surface area contributed by atoms with Crippen molar-refractivity contribution in [2.45, 2.75) is 29.2 Å². The molecule has 0 radical (unpaired) electrons. The van der Waals surface area contributed by atoms with Crippen molar-refractivity contribution in [3.63, 3.8) is 0 Å². The summed E-state index contributed by atoms with van der Waals surface area (Å²) < 4.78 is -1.42. The van der Waals surface area contributed by atoms with Crippen LogP contribution < -0.4 is 40.0 Å². The second kappa shape index (κ2) is 7.13. The van der Waals surface area contributed by atoms with Crippen LogP contribution in [0.1, 0.15) is 18.6 Å². The molecule has 1 aromatic carbocycles. The first-order chi connectivity index (χ1) is 11.3. The maximum atomic E-state index is 12.2. The SMILES string of the molecule is C=C1N2C(=O)C(NC(=O)C(O)c3ccccc3)[C@H]2SC1(C)C(=O)[O-].[Na+]. The Hall–Kier alpha value is -1.32. The molecular weight excluding hydrogens is 355 g/mol. The van der Waals surface area contributed by atoms with Crippen LogP contribution in [-0.4, -0.2) is 44.0 Å². The number of carbonyl (C=O) groups excluding carboxylic acids is 3. The number of rotatable bonds is 4. The number of aliphatic carboxylic acids is 1. The Balaban J connectivity index is 0.00000225. The summed E-state index contributed by atoms with van der Waals surface area (Å²) in [7, 11) is 0. The van der Waals surface area contributed by atoms with E-state index in [1.54, 1.807) is 30.3 Å². The number of β-lactam (4-membered cyclic amide) rings is 1. The van der Waals surface area contributed by atoms with Crippen molar-refractivity contribution < 1.29 is 54.2 Å². The number of nitrogens with one attached hydrogen (secondary N) is 1. The van der Waals surface area contributed by atoms with Crippen molar-refractivity contribution >= 4 is 29.5 Å². The van der Waals surface area contributed by atoms with Crippen molar-refractivity contribution in [2.75, 3.05) is 0 Å². The fraction of sp³-hybridized carbons (Fsp3) is 0.312. The molecule has 25 heavy (non-hydrogen) atoms. The van der Waals surface area contributed by atoms with Gasteiger partial charge in [0.25, 0.3) is 11.8 Å². The molecule has 2 N–H and O–H groups in total. The quantitative estimate of drug-likeness (QED) is 0.415. The van der Waals surface area contributed by atoms with Gasteiger partial charge in [0.05, 0.1) is 10.7 Å². The first-order valence-electron chi connectivity index (χ1n) is 7.22. The third-order valence-corrected chi connectivity index (χ3v) is 5.89. The van der Waals surface area contributed by atoms with Gasteiger partial charge in [0.1, 0.15) is 11.4 Å². The minimum atomic E-state index is -1.42. The standard InChI is InChI=1S/C16H16N2O5S.Na/c1-8-16(2,15(22)23)24-14-10(13(21)18(8)14)17-12(20)11(19)9-6-4-3-5-7-9;/h3-7,10-11,14,19H,1H2,2H3,(H,17,20)(H,22,23);/q;+1/p-1/t10?,11?,14-,16?;/m1./s1. The van der Waals surface area contributed by atoms with Crippen LogP contribution in [0.25, 0.3) is 0 Å². The number of carboxylic acids is 1. The van der Waals surface area contributed by atoms with Gasteiger partial charge < -0.3 is 20.3 Å². The van der Waals surface area contributed by atoms with Crippen LogP contribution in [-0.2, 0) is 14.4 Å². The smallest absolute Gasteiger partial charge is 0.548 e. The van der Waals surface area contributed by atoms with Gasteiger partial charge in [-0.2, -0.15) is 0 Å². The number of benzene rings is 1. The Morgan fingerprint density at radius 3 is 2.56 bits per heavy atom. The molecule has 3 unspecified atom stereocenters. The van der Waals surface area contributed by atoms with E-state index >= 15 is 0 Å². The van der Waals surface area contributed by atoms with Crippen molar-refractivity contribution in [1.29, 1.82) is 0 Å². The Kier molecular flexibility index (Phi) is 5.70. The summed E-state index contributed by atoms with van der Waals surface area (Å²) in [6, 6.07) is 7.41. The van der Waals surface area contributed by atoms with Crippen LogP contribution >= 0.6 is 11.8 Å². The number of aliphatic hydroxyl groups excluding tert-OH is 1. The molecule has 7 nitrogen and oxygen atoms in total. The maximum absolute atomic E-state index is 12.2. The number of nitrogens with zero attached hydrogens (tertiary/aromatic N) is 1. The van der Waals surface area contributed by atoms with Crippen LogP contribution in [0.2, 0.25) is 0 Å². The number of aliphatic hydroxyl groups is 1. The molecule has 0 saturated carbocycles. The first-order valence-corrected chi connectivity index (χ1v) is 8.10. The monoisotopic (exact) mass is 370 g/mol. The van der Waals surface area contributed by atoms with Gasteiger partial charge in [-0.3, -0.25) is 14.5 Å². The fourth-order valence-electron chi connectivity index (χ4n) is 2.73. The molecule has 0 aliphatic carbocycles. The number of carbonyl (C=O) groups is 3. The molecule has 2 aliphatic rings. The number of fused-ring (bicyclic) bond motifs is 1. The Labute approximate surface area is 170 Å². The predicted molar refractivity (Wildman–Crippen MR) is 84.1 cm³/mol.